The Labute approximate surface area is 115 Å². The zero-order valence-corrected chi connectivity index (χ0v) is 12.3. The molecule has 2 saturated heterocycles. The molecule has 0 bridgehead atoms. The first-order chi connectivity index (χ1) is 9.02. The minimum atomic E-state index is -2.95. The van der Waals surface area contributed by atoms with E-state index in [1.807, 2.05) is 0 Å². The van der Waals surface area contributed by atoms with Crippen LogP contribution in [-0.4, -0.2) is 57.5 Å². The smallest absolute Gasteiger partial charge is 0.310 e. The van der Waals surface area contributed by atoms with E-state index >= 15 is 0 Å². The van der Waals surface area contributed by atoms with Crippen molar-refractivity contribution in [2.24, 2.45) is 11.8 Å². The van der Waals surface area contributed by atoms with Gasteiger partial charge >= 0.3 is 5.97 Å². The molecule has 0 N–H and O–H groups in total. The minimum absolute atomic E-state index is 0.0700. The second kappa shape index (κ2) is 6.22. The summed E-state index contributed by atoms with van der Waals surface area (Å²) in [4.78, 5) is 14.2. The normalized spacial score (nSPS) is 29.0. The second-order valence-corrected chi connectivity index (χ2v) is 7.88. The van der Waals surface area contributed by atoms with Gasteiger partial charge < -0.3 is 9.64 Å². The van der Waals surface area contributed by atoms with Crippen molar-refractivity contribution in [1.29, 1.82) is 0 Å². The third kappa shape index (κ3) is 3.92. The Morgan fingerprint density at radius 1 is 1.32 bits per heavy atom. The molecule has 0 spiro atoms. The zero-order valence-electron chi connectivity index (χ0n) is 11.5. The number of ether oxygens (including phenoxy) is 1. The van der Waals surface area contributed by atoms with Crippen LogP contribution in [0, 0.1) is 11.8 Å². The highest BCUT2D eigenvalue weighted by Gasteiger charge is 2.38. The summed E-state index contributed by atoms with van der Waals surface area (Å²) < 4.78 is 28.0. The van der Waals surface area contributed by atoms with Crippen LogP contribution in [0.2, 0.25) is 0 Å². The summed E-state index contributed by atoms with van der Waals surface area (Å²) in [5, 5.41) is 0. The molecular formula is C13H23NO4S. The molecule has 0 aliphatic carbocycles. The van der Waals surface area contributed by atoms with Gasteiger partial charge in [-0.2, -0.15) is 0 Å². The lowest BCUT2D eigenvalue weighted by molar-refractivity contribution is -0.148. The minimum Gasteiger partial charge on any atom is -0.469 e. The molecular weight excluding hydrogens is 266 g/mol. The van der Waals surface area contributed by atoms with E-state index in [1.165, 1.54) is 13.5 Å². The SMILES string of the molecule is COC(=O)C(CN1CCCCC1)C1CCS(=O)(=O)C1. The van der Waals surface area contributed by atoms with Gasteiger partial charge in [0.05, 0.1) is 24.5 Å². The molecule has 2 aliphatic heterocycles. The van der Waals surface area contributed by atoms with Crippen LogP contribution in [0.4, 0.5) is 0 Å². The predicted octanol–water partition coefficient (Wildman–Crippen LogP) is 0.696. The van der Waals surface area contributed by atoms with Crippen LogP contribution >= 0.6 is 0 Å². The third-order valence-corrected chi connectivity index (χ3v) is 6.04. The second-order valence-electron chi connectivity index (χ2n) is 5.65. The van der Waals surface area contributed by atoms with E-state index < -0.39 is 9.84 Å². The molecule has 2 fully saturated rings. The van der Waals surface area contributed by atoms with Gasteiger partial charge in [-0.15, -0.1) is 0 Å². The van der Waals surface area contributed by atoms with Gasteiger partial charge in [0.2, 0.25) is 0 Å². The summed E-state index contributed by atoms with van der Waals surface area (Å²) in [6.07, 6.45) is 4.17. The highest BCUT2D eigenvalue weighted by atomic mass is 32.2. The van der Waals surface area contributed by atoms with Crippen molar-refractivity contribution >= 4 is 15.8 Å². The summed E-state index contributed by atoms with van der Waals surface area (Å²) in [5.41, 5.74) is 0. The highest BCUT2D eigenvalue weighted by Crippen LogP contribution is 2.28. The Bertz CT molecular complexity index is 414. The van der Waals surface area contributed by atoms with Crippen LogP contribution in [-0.2, 0) is 19.4 Å². The van der Waals surface area contributed by atoms with Crippen molar-refractivity contribution in [3.8, 4) is 0 Å². The Morgan fingerprint density at radius 3 is 2.53 bits per heavy atom. The molecule has 0 aromatic carbocycles. The Kier molecular flexibility index (Phi) is 4.84. The van der Waals surface area contributed by atoms with Crippen molar-refractivity contribution in [2.75, 3.05) is 38.2 Å². The molecule has 0 aromatic rings. The molecule has 2 atom stereocenters. The van der Waals surface area contributed by atoms with Crippen LogP contribution in [0.15, 0.2) is 0 Å². The van der Waals surface area contributed by atoms with Crippen LogP contribution in [0.1, 0.15) is 25.7 Å². The molecule has 0 amide bonds. The van der Waals surface area contributed by atoms with Crippen LogP contribution in [0.25, 0.3) is 0 Å². The number of rotatable bonds is 4. The van der Waals surface area contributed by atoms with Crippen molar-refractivity contribution in [1.82, 2.24) is 4.90 Å². The van der Waals surface area contributed by atoms with E-state index in [9.17, 15) is 13.2 Å². The fourth-order valence-electron chi connectivity index (χ4n) is 3.13. The number of likely N-dealkylation sites (tertiary alicyclic amines) is 1. The van der Waals surface area contributed by atoms with Gasteiger partial charge in [-0.05, 0) is 38.3 Å². The lowest BCUT2D eigenvalue weighted by atomic mass is 9.90. The number of hydrogen-bond acceptors (Lipinski definition) is 5. The average Bonchev–Trinajstić information content (AvgIpc) is 2.76. The van der Waals surface area contributed by atoms with E-state index in [1.54, 1.807) is 0 Å². The zero-order chi connectivity index (χ0) is 13.9. The average molecular weight is 289 g/mol. The topological polar surface area (TPSA) is 63.7 Å². The van der Waals surface area contributed by atoms with E-state index in [0.29, 0.717) is 13.0 Å². The quantitative estimate of drug-likeness (QED) is 0.713. The number of sulfone groups is 1. The summed E-state index contributed by atoms with van der Waals surface area (Å²) in [6, 6.07) is 0. The van der Waals surface area contributed by atoms with Crippen LogP contribution < -0.4 is 0 Å². The fourth-order valence-corrected chi connectivity index (χ4v) is 5.01. The molecule has 0 radical (unpaired) electrons. The number of methoxy groups -OCH3 is 1. The molecule has 110 valence electrons. The molecule has 6 heteroatoms. The number of piperidine rings is 1. The first kappa shape index (κ1) is 14.8. The molecule has 0 aromatic heterocycles. The van der Waals surface area contributed by atoms with Gasteiger partial charge in [0, 0.05) is 6.54 Å². The lowest BCUT2D eigenvalue weighted by Gasteiger charge is -2.31. The summed E-state index contributed by atoms with van der Waals surface area (Å²) >= 11 is 0. The van der Waals surface area contributed by atoms with E-state index in [0.717, 1.165) is 25.9 Å². The molecule has 5 nitrogen and oxygen atoms in total. The van der Waals surface area contributed by atoms with E-state index in [4.69, 9.17) is 4.74 Å². The molecule has 0 saturated carbocycles. The summed E-state index contributed by atoms with van der Waals surface area (Å²) in [6.45, 7) is 2.66. The first-order valence-electron chi connectivity index (χ1n) is 7.02. The van der Waals surface area contributed by atoms with Crippen LogP contribution in [0.5, 0.6) is 0 Å². The number of hydrogen-bond donors (Lipinski definition) is 0. The van der Waals surface area contributed by atoms with E-state index in [2.05, 4.69) is 4.90 Å². The van der Waals surface area contributed by atoms with Crippen molar-refractivity contribution in [2.45, 2.75) is 25.7 Å². The summed E-state index contributed by atoms with van der Waals surface area (Å²) in [7, 11) is -1.57. The highest BCUT2D eigenvalue weighted by molar-refractivity contribution is 7.91. The van der Waals surface area contributed by atoms with Gasteiger partial charge in [0.1, 0.15) is 0 Å². The fraction of sp³-hybridized carbons (Fsp3) is 0.923. The molecule has 2 unspecified atom stereocenters. The van der Waals surface area contributed by atoms with Gasteiger partial charge in [0.25, 0.3) is 0 Å². The largest absolute Gasteiger partial charge is 0.469 e. The maximum absolute atomic E-state index is 11.9. The standard InChI is InChI=1S/C13H23NO4S/c1-18-13(15)12(9-14-6-3-2-4-7-14)11-5-8-19(16,17)10-11/h11-12H,2-10H2,1H3. The molecule has 19 heavy (non-hydrogen) atoms. The molecule has 2 aliphatic rings. The summed E-state index contributed by atoms with van der Waals surface area (Å²) in [5.74, 6) is -0.265. The van der Waals surface area contributed by atoms with Gasteiger partial charge in [0.15, 0.2) is 9.84 Å². The first-order valence-corrected chi connectivity index (χ1v) is 8.84. The monoisotopic (exact) mass is 289 g/mol. The van der Waals surface area contributed by atoms with Crippen molar-refractivity contribution in [3.05, 3.63) is 0 Å². The Morgan fingerprint density at radius 2 is 2.00 bits per heavy atom. The van der Waals surface area contributed by atoms with Crippen molar-refractivity contribution in [3.63, 3.8) is 0 Å². The Balaban J connectivity index is 2.01. The lowest BCUT2D eigenvalue weighted by Crippen LogP contribution is -2.40. The maximum atomic E-state index is 11.9. The van der Waals surface area contributed by atoms with Crippen LogP contribution in [0.3, 0.4) is 0 Å². The third-order valence-electron chi connectivity index (χ3n) is 4.24. The van der Waals surface area contributed by atoms with Gasteiger partial charge in [-0.3, -0.25) is 4.79 Å². The number of carbonyl (C=O) groups excluding carboxylic acids is 1. The van der Waals surface area contributed by atoms with E-state index in [-0.39, 0.29) is 29.3 Å². The van der Waals surface area contributed by atoms with Crippen molar-refractivity contribution < 1.29 is 17.9 Å². The Hall–Kier alpha value is -0.620. The molecule has 2 rings (SSSR count). The number of carbonyl (C=O) groups is 1. The maximum Gasteiger partial charge on any atom is 0.310 e. The number of nitrogens with zero attached hydrogens (tertiary/aromatic N) is 1. The van der Waals surface area contributed by atoms with Gasteiger partial charge in [-0.1, -0.05) is 6.42 Å². The number of esters is 1. The van der Waals surface area contributed by atoms with Gasteiger partial charge in [-0.25, -0.2) is 8.42 Å². The predicted molar refractivity (Wildman–Crippen MR) is 72.6 cm³/mol. The molecule has 2 heterocycles.